The summed E-state index contributed by atoms with van der Waals surface area (Å²) in [4.78, 5) is 4.23. The SMILES string of the molecule is CCn1ccnc1CC(N)c1cc(Cl)ccc1F. The third-order valence-electron chi connectivity index (χ3n) is 2.90. The van der Waals surface area contributed by atoms with Crippen molar-refractivity contribution >= 4 is 11.6 Å². The van der Waals surface area contributed by atoms with Crippen LogP contribution in [0.3, 0.4) is 0 Å². The molecular formula is C13H15ClFN3. The van der Waals surface area contributed by atoms with Gasteiger partial charge in [0.2, 0.25) is 0 Å². The van der Waals surface area contributed by atoms with E-state index in [1.54, 1.807) is 12.3 Å². The molecule has 0 saturated heterocycles. The van der Waals surface area contributed by atoms with Crippen molar-refractivity contribution in [3.05, 3.63) is 52.8 Å². The van der Waals surface area contributed by atoms with Crippen LogP contribution in [0.25, 0.3) is 0 Å². The molecule has 0 amide bonds. The number of rotatable bonds is 4. The summed E-state index contributed by atoms with van der Waals surface area (Å²) in [6.45, 7) is 2.84. The highest BCUT2D eigenvalue weighted by atomic mass is 35.5. The number of aryl methyl sites for hydroxylation is 1. The lowest BCUT2D eigenvalue weighted by Crippen LogP contribution is -2.17. The van der Waals surface area contributed by atoms with Crippen molar-refractivity contribution in [3.63, 3.8) is 0 Å². The molecule has 1 unspecified atom stereocenters. The zero-order valence-electron chi connectivity index (χ0n) is 10.1. The summed E-state index contributed by atoms with van der Waals surface area (Å²) in [5.41, 5.74) is 6.45. The molecule has 0 aliphatic heterocycles. The van der Waals surface area contributed by atoms with E-state index in [2.05, 4.69) is 4.98 Å². The highest BCUT2D eigenvalue weighted by molar-refractivity contribution is 6.30. The van der Waals surface area contributed by atoms with Crippen molar-refractivity contribution in [2.45, 2.75) is 25.9 Å². The van der Waals surface area contributed by atoms with Gasteiger partial charge in [-0.15, -0.1) is 0 Å². The molecule has 2 rings (SSSR count). The van der Waals surface area contributed by atoms with Crippen LogP contribution in [0.1, 0.15) is 24.4 Å². The third-order valence-corrected chi connectivity index (χ3v) is 3.14. The standard InChI is InChI=1S/C13H15ClFN3/c1-2-18-6-5-17-13(18)8-12(16)10-7-9(14)3-4-11(10)15/h3-7,12H,2,8,16H2,1H3. The van der Waals surface area contributed by atoms with E-state index in [9.17, 15) is 4.39 Å². The minimum Gasteiger partial charge on any atom is -0.335 e. The molecule has 1 aromatic carbocycles. The molecule has 0 fully saturated rings. The largest absolute Gasteiger partial charge is 0.335 e. The van der Waals surface area contributed by atoms with Gasteiger partial charge in [0.15, 0.2) is 0 Å². The van der Waals surface area contributed by atoms with Crippen molar-refractivity contribution < 1.29 is 4.39 Å². The molecule has 5 heteroatoms. The van der Waals surface area contributed by atoms with Gasteiger partial charge in [-0.1, -0.05) is 11.6 Å². The number of halogens is 2. The first kappa shape index (κ1) is 13.1. The normalized spacial score (nSPS) is 12.7. The zero-order chi connectivity index (χ0) is 13.1. The van der Waals surface area contributed by atoms with E-state index >= 15 is 0 Å². The molecule has 0 radical (unpaired) electrons. The monoisotopic (exact) mass is 267 g/mol. The highest BCUT2D eigenvalue weighted by Crippen LogP contribution is 2.22. The summed E-state index contributed by atoms with van der Waals surface area (Å²) in [6.07, 6.45) is 4.09. The van der Waals surface area contributed by atoms with Crippen LogP contribution in [0.4, 0.5) is 4.39 Å². The Hall–Kier alpha value is -1.39. The molecule has 1 heterocycles. The minimum absolute atomic E-state index is 0.332. The number of nitrogens with zero attached hydrogens (tertiary/aromatic N) is 2. The van der Waals surface area contributed by atoms with Crippen molar-refractivity contribution in [1.82, 2.24) is 9.55 Å². The molecule has 3 nitrogen and oxygen atoms in total. The van der Waals surface area contributed by atoms with Crippen LogP contribution in [0.2, 0.25) is 5.02 Å². The van der Waals surface area contributed by atoms with Gasteiger partial charge in [-0.2, -0.15) is 0 Å². The Bertz CT molecular complexity index is 539. The molecule has 0 bridgehead atoms. The summed E-state index contributed by atoms with van der Waals surface area (Å²) < 4.78 is 15.7. The molecule has 0 spiro atoms. The first-order valence-corrected chi connectivity index (χ1v) is 6.20. The van der Waals surface area contributed by atoms with Crippen LogP contribution in [-0.4, -0.2) is 9.55 Å². The Labute approximate surface area is 110 Å². The summed E-state index contributed by atoms with van der Waals surface area (Å²) in [5, 5.41) is 0.487. The quantitative estimate of drug-likeness (QED) is 0.926. The lowest BCUT2D eigenvalue weighted by molar-refractivity contribution is 0.565. The van der Waals surface area contributed by atoms with Gasteiger partial charge in [-0.05, 0) is 25.1 Å². The summed E-state index contributed by atoms with van der Waals surface area (Å²) >= 11 is 5.86. The van der Waals surface area contributed by atoms with Gasteiger partial charge >= 0.3 is 0 Å². The second kappa shape index (κ2) is 5.50. The Morgan fingerprint density at radius 2 is 2.28 bits per heavy atom. The molecular weight excluding hydrogens is 253 g/mol. The number of nitrogens with two attached hydrogens (primary N) is 1. The molecule has 0 aliphatic carbocycles. The van der Waals surface area contributed by atoms with E-state index in [0.717, 1.165) is 12.4 Å². The summed E-state index contributed by atoms with van der Waals surface area (Å²) in [6, 6.07) is 3.97. The fourth-order valence-corrected chi connectivity index (χ4v) is 2.10. The van der Waals surface area contributed by atoms with Gasteiger partial charge in [-0.3, -0.25) is 0 Å². The number of aromatic nitrogens is 2. The van der Waals surface area contributed by atoms with Crippen molar-refractivity contribution in [2.75, 3.05) is 0 Å². The average molecular weight is 268 g/mol. The number of benzene rings is 1. The first-order valence-electron chi connectivity index (χ1n) is 5.82. The van der Waals surface area contributed by atoms with E-state index in [4.69, 9.17) is 17.3 Å². The first-order chi connectivity index (χ1) is 8.61. The van der Waals surface area contributed by atoms with Crippen molar-refractivity contribution in [2.24, 2.45) is 5.73 Å². The molecule has 96 valence electrons. The van der Waals surface area contributed by atoms with E-state index in [1.165, 1.54) is 12.1 Å². The average Bonchev–Trinajstić information content (AvgIpc) is 2.79. The van der Waals surface area contributed by atoms with E-state index < -0.39 is 6.04 Å². The van der Waals surface area contributed by atoms with Gasteiger partial charge in [0.25, 0.3) is 0 Å². The highest BCUT2D eigenvalue weighted by Gasteiger charge is 2.15. The predicted octanol–water partition coefficient (Wildman–Crippen LogP) is 2.94. The van der Waals surface area contributed by atoms with Gasteiger partial charge in [0, 0.05) is 42.0 Å². The number of hydrogen-bond donors (Lipinski definition) is 1. The topological polar surface area (TPSA) is 43.8 Å². The van der Waals surface area contributed by atoms with E-state index in [-0.39, 0.29) is 5.82 Å². The Morgan fingerprint density at radius 3 is 3.00 bits per heavy atom. The second-order valence-corrected chi connectivity index (χ2v) is 4.54. The van der Waals surface area contributed by atoms with Crippen LogP contribution in [0.5, 0.6) is 0 Å². The lowest BCUT2D eigenvalue weighted by atomic mass is 10.0. The maximum atomic E-state index is 13.7. The van der Waals surface area contributed by atoms with Gasteiger partial charge in [0.05, 0.1) is 0 Å². The van der Waals surface area contributed by atoms with Crippen molar-refractivity contribution in [1.29, 1.82) is 0 Å². The molecule has 18 heavy (non-hydrogen) atoms. The molecule has 2 aromatic rings. The molecule has 0 aliphatic rings. The van der Waals surface area contributed by atoms with Crippen molar-refractivity contribution in [3.8, 4) is 0 Å². The number of imidazole rings is 1. The van der Waals surface area contributed by atoms with Crippen LogP contribution in [0, 0.1) is 5.82 Å². The predicted molar refractivity (Wildman–Crippen MR) is 69.9 cm³/mol. The summed E-state index contributed by atoms with van der Waals surface area (Å²) in [7, 11) is 0. The van der Waals surface area contributed by atoms with E-state index in [1.807, 2.05) is 17.7 Å². The molecule has 2 N–H and O–H groups in total. The van der Waals surface area contributed by atoms with Gasteiger partial charge < -0.3 is 10.3 Å². The maximum absolute atomic E-state index is 13.7. The fraction of sp³-hybridized carbons (Fsp3) is 0.308. The van der Waals surface area contributed by atoms with Crippen LogP contribution in [0.15, 0.2) is 30.6 Å². The molecule has 0 saturated carbocycles. The minimum atomic E-state index is -0.448. The van der Waals surface area contributed by atoms with E-state index in [0.29, 0.717) is 17.0 Å². The summed E-state index contributed by atoms with van der Waals surface area (Å²) in [5.74, 6) is 0.519. The zero-order valence-corrected chi connectivity index (χ0v) is 10.9. The Balaban J connectivity index is 2.21. The van der Waals surface area contributed by atoms with Gasteiger partial charge in [0.1, 0.15) is 11.6 Å². The smallest absolute Gasteiger partial charge is 0.128 e. The Kier molecular flexibility index (Phi) is 3.99. The van der Waals surface area contributed by atoms with Gasteiger partial charge in [-0.25, -0.2) is 9.37 Å². The van der Waals surface area contributed by atoms with Crippen LogP contribution >= 0.6 is 11.6 Å². The second-order valence-electron chi connectivity index (χ2n) is 4.11. The fourth-order valence-electron chi connectivity index (χ4n) is 1.92. The lowest BCUT2D eigenvalue weighted by Gasteiger charge is -2.14. The Morgan fingerprint density at radius 1 is 1.50 bits per heavy atom. The molecule has 1 atom stereocenters. The molecule has 1 aromatic heterocycles. The number of hydrogen-bond acceptors (Lipinski definition) is 2. The maximum Gasteiger partial charge on any atom is 0.128 e. The van der Waals surface area contributed by atoms with Crippen LogP contribution < -0.4 is 5.73 Å². The third kappa shape index (κ3) is 2.71. The van der Waals surface area contributed by atoms with Crippen LogP contribution in [-0.2, 0) is 13.0 Å².